The molecule has 10 atom stereocenters. The Morgan fingerprint density at radius 3 is 1.10 bits per heavy atom. The van der Waals surface area contributed by atoms with Crippen molar-refractivity contribution in [2.45, 2.75) is 61.7 Å². The number of nitrogens with one attached hydrogen (secondary N) is 4. The van der Waals surface area contributed by atoms with Gasteiger partial charge in [-0.05, 0) is 77.9 Å². The van der Waals surface area contributed by atoms with Crippen LogP contribution in [0.25, 0.3) is 0 Å². The molecule has 5 aromatic rings. The van der Waals surface area contributed by atoms with Gasteiger partial charge in [-0.2, -0.15) is 0 Å². The van der Waals surface area contributed by atoms with Crippen molar-refractivity contribution < 1.29 is 33.2 Å². The zero-order chi connectivity index (χ0) is 46.2. The van der Waals surface area contributed by atoms with E-state index in [1.165, 1.54) is 17.0 Å². The Labute approximate surface area is 388 Å². The van der Waals surface area contributed by atoms with Crippen LogP contribution in [-0.4, -0.2) is 89.5 Å². The first-order valence-corrected chi connectivity index (χ1v) is 23.3. The van der Waals surface area contributed by atoms with E-state index in [0.717, 1.165) is 36.0 Å². The fourth-order valence-corrected chi connectivity index (χ4v) is 10.2. The van der Waals surface area contributed by atoms with E-state index < -0.39 is 35.4 Å². The van der Waals surface area contributed by atoms with Crippen LogP contribution in [0.1, 0.15) is 80.0 Å². The van der Waals surface area contributed by atoms with Gasteiger partial charge in [0.1, 0.15) is 5.82 Å². The van der Waals surface area contributed by atoms with Crippen molar-refractivity contribution in [2.75, 3.05) is 26.2 Å². The van der Waals surface area contributed by atoms with Gasteiger partial charge in [0, 0.05) is 79.7 Å². The minimum Gasteiger partial charge on any atom is -0.352 e. The fraction of sp³-hybridized carbons (Fsp3) is 0.333. The molecule has 3 aliphatic carbocycles. The maximum atomic E-state index is 14.1. The molecule has 10 rings (SSSR count). The monoisotopic (exact) mass is 900 g/mol. The van der Waals surface area contributed by atoms with Gasteiger partial charge in [-0.1, -0.05) is 103 Å². The topological polar surface area (TPSA) is 157 Å². The first-order valence-electron chi connectivity index (χ1n) is 23.3. The van der Waals surface area contributed by atoms with Crippen molar-refractivity contribution in [3.63, 3.8) is 0 Å². The lowest BCUT2D eigenvalue weighted by Crippen LogP contribution is -2.43. The van der Waals surface area contributed by atoms with E-state index in [4.69, 9.17) is 0 Å². The summed E-state index contributed by atoms with van der Waals surface area (Å²) in [7, 11) is 0. The van der Waals surface area contributed by atoms with Crippen LogP contribution in [0.15, 0.2) is 140 Å². The molecule has 5 aliphatic rings. The average Bonchev–Trinajstić information content (AvgIpc) is 4.33. The third kappa shape index (κ3) is 9.72. The van der Waals surface area contributed by atoms with Crippen LogP contribution >= 0.6 is 0 Å². The summed E-state index contributed by atoms with van der Waals surface area (Å²) in [6.07, 6.45) is 2.39. The van der Waals surface area contributed by atoms with E-state index in [0.29, 0.717) is 11.1 Å². The molecule has 5 aromatic carbocycles. The molecule has 3 saturated carbocycles. The number of hydrogen-bond donors (Lipinski definition) is 4. The number of hydrogen-bond acceptors (Lipinski definition) is 6. The maximum absolute atomic E-state index is 14.1. The van der Waals surface area contributed by atoms with E-state index >= 15 is 0 Å². The third-order valence-corrected chi connectivity index (χ3v) is 14.4. The molecule has 0 radical (unpaired) electrons. The van der Waals surface area contributed by atoms with E-state index in [1.54, 1.807) is 41.3 Å². The Hall–Kier alpha value is -7.15. The zero-order valence-electron chi connectivity index (χ0n) is 36.9. The fourth-order valence-electron chi connectivity index (χ4n) is 10.2. The normalized spacial score (nSPS) is 26.8. The van der Waals surface area contributed by atoms with E-state index in [9.17, 15) is 33.2 Å². The molecule has 5 fully saturated rings. The van der Waals surface area contributed by atoms with Crippen LogP contribution in [0.4, 0.5) is 4.39 Å². The van der Waals surface area contributed by atoms with Gasteiger partial charge < -0.3 is 31.1 Å². The summed E-state index contributed by atoms with van der Waals surface area (Å²) in [6.45, 7) is 0.273. The third-order valence-electron chi connectivity index (χ3n) is 14.4. The molecule has 4 N–H and O–H groups in total. The molecule has 6 amide bonds. The summed E-state index contributed by atoms with van der Waals surface area (Å²) in [5.41, 5.74) is 4.69. The number of likely N-dealkylation sites (tertiary alicyclic amines) is 2. The second-order valence-corrected chi connectivity index (χ2v) is 18.9. The molecule has 67 heavy (non-hydrogen) atoms. The second kappa shape index (κ2) is 18.6. The first-order chi connectivity index (χ1) is 32.6. The quantitative estimate of drug-likeness (QED) is 0.115. The van der Waals surface area contributed by atoms with E-state index in [-0.39, 0.29) is 104 Å². The predicted octanol–water partition coefficient (Wildman–Crippen LogP) is 5.54. The Balaban J connectivity index is 0.804. The average molecular weight is 901 g/mol. The Kier molecular flexibility index (Phi) is 12.2. The van der Waals surface area contributed by atoms with Gasteiger partial charge in [-0.3, -0.25) is 28.8 Å². The van der Waals surface area contributed by atoms with E-state index in [2.05, 4.69) is 21.3 Å². The molecule has 12 nitrogen and oxygen atoms in total. The highest BCUT2D eigenvalue weighted by molar-refractivity contribution is 6.00. The molecular weight excluding hydrogens is 848 g/mol. The molecule has 0 unspecified atom stereocenters. The lowest BCUT2D eigenvalue weighted by atomic mass is 9.94. The van der Waals surface area contributed by atoms with Crippen molar-refractivity contribution in [1.82, 2.24) is 31.1 Å². The minimum absolute atomic E-state index is 0.000220. The summed E-state index contributed by atoms with van der Waals surface area (Å²) >= 11 is 0. The molecule has 0 aromatic heterocycles. The second-order valence-electron chi connectivity index (χ2n) is 18.9. The SMILES string of the molecule is O=C(NCc1ccc(F)cc1)[C@@H]1CN(C(=O)c2ccc(C(=O)N3C[C@@H](C(=O)N[C@H]4C[C@@H]4c4ccccc4)[C@H](C(=O)N[C@H]4C[C@@H]4c4ccccc4)C3)cc2)C[C@H]1C(=O)N[C@H]1C[C@@H]1c1ccccc1. The highest BCUT2D eigenvalue weighted by Crippen LogP contribution is 2.43. The molecule has 2 heterocycles. The molecule has 0 bridgehead atoms. The van der Waals surface area contributed by atoms with Gasteiger partial charge >= 0.3 is 0 Å². The van der Waals surface area contributed by atoms with Crippen molar-refractivity contribution >= 4 is 35.4 Å². The summed E-state index contributed by atoms with van der Waals surface area (Å²) in [4.78, 5) is 86.8. The number of carbonyl (C=O) groups excluding carboxylic acids is 6. The number of rotatable bonds is 14. The van der Waals surface area contributed by atoms with Crippen molar-refractivity contribution in [3.05, 3.63) is 179 Å². The zero-order valence-corrected chi connectivity index (χ0v) is 36.9. The van der Waals surface area contributed by atoms with Crippen molar-refractivity contribution in [1.29, 1.82) is 0 Å². The van der Waals surface area contributed by atoms with Crippen molar-refractivity contribution in [2.24, 2.45) is 23.7 Å². The molecule has 342 valence electrons. The van der Waals surface area contributed by atoms with Crippen LogP contribution in [0.3, 0.4) is 0 Å². The Morgan fingerprint density at radius 2 is 0.761 bits per heavy atom. The smallest absolute Gasteiger partial charge is 0.253 e. The molecule has 13 heteroatoms. The Morgan fingerprint density at radius 1 is 0.433 bits per heavy atom. The predicted molar refractivity (Wildman–Crippen MR) is 248 cm³/mol. The minimum atomic E-state index is -0.835. The van der Waals surface area contributed by atoms with Gasteiger partial charge in [-0.25, -0.2) is 4.39 Å². The summed E-state index contributed by atoms with van der Waals surface area (Å²) in [5, 5.41) is 12.4. The molecule has 2 saturated heterocycles. The number of nitrogens with zero attached hydrogens (tertiary/aromatic N) is 2. The largest absolute Gasteiger partial charge is 0.352 e. The van der Waals surface area contributed by atoms with Gasteiger partial charge in [0.2, 0.25) is 23.6 Å². The van der Waals surface area contributed by atoms with Crippen LogP contribution < -0.4 is 21.3 Å². The standard InChI is InChI=1S/C54H53FN6O6/c55-38-22-16-32(17-23-38)27-56-49(62)42-28-60(29-43(42)50(63)57-46-24-39(46)33-10-4-1-5-11-33)53(66)36-18-20-37(21-19-36)54(67)61-30-44(51(64)58-47-25-40(47)34-12-6-2-7-13-34)45(31-61)52(65)59-48-26-41(48)35-14-8-3-9-15-35/h1-23,39-48H,24-31H2,(H,56,62)(H,57,63)(H,58,64)(H,59,65)/t39-,40-,41-,42-,43-,44-,45-,46+,47+,48+/m1/s1. The van der Waals surface area contributed by atoms with Gasteiger partial charge in [0.05, 0.1) is 23.7 Å². The number of benzene rings is 5. The highest BCUT2D eigenvalue weighted by Gasteiger charge is 2.50. The van der Waals surface area contributed by atoms with Gasteiger partial charge in [0.25, 0.3) is 11.8 Å². The first kappa shape index (κ1) is 43.7. The van der Waals surface area contributed by atoms with Crippen LogP contribution in [-0.2, 0) is 25.7 Å². The summed E-state index contributed by atoms with van der Waals surface area (Å²) in [5.74, 6) is -4.89. The molecular formula is C54H53FN6O6. The van der Waals surface area contributed by atoms with Crippen LogP contribution in [0, 0.1) is 29.5 Å². The lowest BCUT2D eigenvalue weighted by Gasteiger charge is -2.18. The summed E-state index contributed by atoms with van der Waals surface area (Å²) in [6, 6.07) is 41.8. The van der Waals surface area contributed by atoms with E-state index in [1.807, 2.05) is 91.0 Å². The van der Waals surface area contributed by atoms with Crippen molar-refractivity contribution in [3.8, 4) is 0 Å². The Bertz CT molecular complexity index is 2580. The number of carbonyl (C=O) groups is 6. The summed E-state index contributed by atoms with van der Waals surface area (Å²) < 4.78 is 13.6. The lowest BCUT2D eigenvalue weighted by molar-refractivity contribution is -0.133. The van der Waals surface area contributed by atoms with Gasteiger partial charge in [-0.15, -0.1) is 0 Å². The highest BCUT2D eigenvalue weighted by atomic mass is 19.1. The van der Waals surface area contributed by atoms with Crippen LogP contribution in [0.5, 0.6) is 0 Å². The molecule has 2 aliphatic heterocycles. The number of halogens is 1. The molecule has 0 spiro atoms. The van der Waals surface area contributed by atoms with Gasteiger partial charge in [0.15, 0.2) is 0 Å². The maximum Gasteiger partial charge on any atom is 0.253 e. The van der Waals surface area contributed by atoms with Crippen LogP contribution in [0.2, 0.25) is 0 Å². The number of amides is 6.